The molecule has 0 spiro atoms. The second-order valence-electron chi connectivity index (χ2n) is 2.86. The molecule has 68 valence electrons. The van der Waals surface area contributed by atoms with Crippen LogP contribution in [0.25, 0.3) is 0 Å². The zero-order chi connectivity index (χ0) is 9.35. The first-order chi connectivity index (χ1) is 5.41. The van der Waals surface area contributed by atoms with Crippen molar-refractivity contribution in [3.05, 3.63) is 23.4 Å². The topological polar surface area (TPSA) is 3.24 Å². The minimum atomic E-state index is -4.23. The van der Waals surface area contributed by atoms with Crippen LogP contribution in [-0.4, -0.2) is 24.7 Å². The van der Waals surface area contributed by atoms with Gasteiger partial charge in [-0.2, -0.15) is 13.2 Å². The summed E-state index contributed by atoms with van der Waals surface area (Å²) < 4.78 is 36.7. The van der Waals surface area contributed by atoms with Gasteiger partial charge in [0.05, 0.1) is 0 Å². The molecule has 0 N–H and O–H groups in total. The molecule has 0 aliphatic carbocycles. The molecular formula is C8H10F3N. The summed E-state index contributed by atoms with van der Waals surface area (Å²) in [7, 11) is 1.43. The number of rotatable bonds is 0. The van der Waals surface area contributed by atoms with E-state index in [2.05, 4.69) is 0 Å². The van der Waals surface area contributed by atoms with E-state index in [1.165, 1.54) is 11.9 Å². The summed E-state index contributed by atoms with van der Waals surface area (Å²) in [5, 5.41) is 0. The van der Waals surface area contributed by atoms with Crippen molar-refractivity contribution in [1.82, 2.24) is 4.90 Å². The zero-order valence-corrected chi connectivity index (χ0v) is 6.94. The summed E-state index contributed by atoms with van der Waals surface area (Å²) in [4.78, 5) is 1.19. The molecule has 1 heterocycles. The van der Waals surface area contributed by atoms with Crippen LogP contribution in [0.2, 0.25) is 0 Å². The summed E-state index contributed by atoms with van der Waals surface area (Å²) in [5.41, 5.74) is 0.0999. The first-order valence-electron chi connectivity index (χ1n) is 3.58. The molecule has 0 bridgehead atoms. The lowest BCUT2D eigenvalue weighted by Crippen LogP contribution is -2.30. The Labute approximate surface area is 69.2 Å². The van der Waals surface area contributed by atoms with Crippen molar-refractivity contribution in [2.75, 3.05) is 13.6 Å². The number of nitrogens with zero attached hydrogens (tertiary/aromatic N) is 1. The minimum Gasteiger partial charge on any atom is -0.367 e. The SMILES string of the molecule is CC1=CCN(C)C(C(F)(F)F)=C1. The number of hydrogen-bond acceptors (Lipinski definition) is 1. The molecule has 0 aromatic heterocycles. The van der Waals surface area contributed by atoms with E-state index in [1.54, 1.807) is 13.0 Å². The van der Waals surface area contributed by atoms with Crippen molar-refractivity contribution in [2.24, 2.45) is 0 Å². The first kappa shape index (κ1) is 9.16. The maximum atomic E-state index is 12.2. The molecule has 0 aromatic rings. The lowest BCUT2D eigenvalue weighted by molar-refractivity contribution is -0.109. The van der Waals surface area contributed by atoms with Crippen LogP contribution >= 0.6 is 0 Å². The third kappa shape index (κ3) is 1.81. The highest BCUT2D eigenvalue weighted by molar-refractivity contribution is 5.28. The molecule has 0 amide bonds. The lowest BCUT2D eigenvalue weighted by Gasteiger charge is -2.26. The normalized spacial score (nSPS) is 18.9. The molecule has 1 rings (SSSR count). The number of likely N-dealkylation sites (N-methyl/N-ethyl adjacent to an activating group) is 1. The fraction of sp³-hybridized carbons (Fsp3) is 0.500. The minimum absolute atomic E-state index is 0.331. The van der Waals surface area contributed by atoms with Crippen LogP contribution in [0, 0.1) is 0 Å². The van der Waals surface area contributed by atoms with Crippen LogP contribution in [0.15, 0.2) is 23.4 Å². The van der Waals surface area contributed by atoms with E-state index >= 15 is 0 Å². The monoisotopic (exact) mass is 177 g/mol. The molecule has 0 saturated heterocycles. The first-order valence-corrected chi connectivity index (χ1v) is 3.58. The maximum absolute atomic E-state index is 12.2. The Balaban J connectivity index is 2.94. The summed E-state index contributed by atoms with van der Waals surface area (Å²) in [5.74, 6) is 0. The predicted octanol–water partition coefficient (Wildman–Crippen LogP) is 2.32. The number of alkyl halides is 3. The van der Waals surface area contributed by atoms with Gasteiger partial charge in [-0.3, -0.25) is 0 Å². The van der Waals surface area contributed by atoms with Crippen molar-refractivity contribution >= 4 is 0 Å². The fourth-order valence-electron chi connectivity index (χ4n) is 1.06. The summed E-state index contributed by atoms with van der Waals surface area (Å²) >= 11 is 0. The van der Waals surface area contributed by atoms with Gasteiger partial charge in [0.2, 0.25) is 0 Å². The highest BCUT2D eigenvalue weighted by Gasteiger charge is 2.36. The molecule has 0 fully saturated rings. The Morgan fingerprint density at radius 3 is 2.42 bits per heavy atom. The van der Waals surface area contributed by atoms with Crippen LogP contribution in [0.5, 0.6) is 0 Å². The molecule has 4 heteroatoms. The third-order valence-corrected chi connectivity index (χ3v) is 1.75. The maximum Gasteiger partial charge on any atom is 0.431 e. The Hall–Kier alpha value is -0.930. The van der Waals surface area contributed by atoms with Crippen molar-refractivity contribution in [3.63, 3.8) is 0 Å². The summed E-state index contributed by atoms with van der Waals surface area (Å²) in [6, 6.07) is 0. The Bertz CT molecular complexity index is 237. The van der Waals surface area contributed by atoms with Gasteiger partial charge >= 0.3 is 6.18 Å². The van der Waals surface area contributed by atoms with Gasteiger partial charge in [0, 0.05) is 13.6 Å². The Morgan fingerprint density at radius 2 is 2.00 bits per heavy atom. The summed E-state index contributed by atoms with van der Waals surface area (Å²) in [6.07, 6.45) is -1.32. The smallest absolute Gasteiger partial charge is 0.367 e. The van der Waals surface area contributed by atoms with Crippen LogP contribution in [0.3, 0.4) is 0 Å². The van der Waals surface area contributed by atoms with Gasteiger partial charge in [-0.05, 0) is 13.0 Å². The van der Waals surface area contributed by atoms with Gasteiger partial charge in [0.25, 0.3) is 0 Å². The molecule has 1 nitrogen and oxygen atoms in total. The van der Waals surface area contributed by atoms with E-state index < -0.39 is 11.9 Å². The van der Waals surface area contributed by atoms with Gasteiger partial charge in [0.15, 0.2) is 0 Å². The van der Waals surface area contributed by atoms with Crippen LogP contribution in [-0.2, 0) is 0 Å². The average Bonchev–Trinajstić information content (AvgIpc) is 1.92. The van der Waals surface area contributed by atoms with Crippen LogP contribution in [0.1, 0.15) is 6.92 Å². The van der Waals surface area contributed by atoms with E-state index in [-0.39, 0.29) is 0 Å². The molecule has 1 aliphatic heterocycles. The number of allylic oxidation sites excluding steroid dienone is 3. The van der Waals surface area contributed by atoms with Crippen LogP contribution in [0.4, 0.5) is 13.2 Å². The van der Waals surface area contributed by atoms with Gasteiger partial charge in [0.1, 0.15) is 5.70 Å². The molecule has 0 unspecified atom stereocenters. The van der Waals surface area contributed by atoms with E-state index in [0.29, 0.717) is 12.1 Å². The van der Waals surface area contributed by atoms with Crippen LogP contribution < -0.4 is 0 Å². The van der Waals surface area contributed by atoms with Gasteiger partial charge in [-0.15, -0.1) is 0 Å². The molecule has 12 heavy (non-hydrogen) atoms. The number of halogens is 3. The lowest BCUT2D eigenvalue weighted by atomic mass is 10.1. The second-order valence-corrected chi connectivity index (χ2v) is 2.86. The number of hydrogen-bond donors (Lipinski definition) is 0. The Morgan fingerprint density at radius 1 is 1.42 bits per heavy atom. The molecule has 0 aromatic carbocycles. The molecule has 0 atom stereocenters. The molecule has 1 aliphatic rings. The fourth-order valence-corrected chi connectivity index (χ4v) is 1.06. The van der Waals surface area contributed by atoms with E-state index in [1.807, 2.05) is 0 Å². The van der Waals surface area contributed by atoms with Crippen molar-refractivity contribution in [2.45, 2.75) is 13.1 Å². The average molecular weight is 177 g/mol. The van der Waals surface area contributed by atoms with E-state index in [4.69, 9.17) is 0 Å². The second kappa shape index (κ2) is 2.84. The highest BCUT2D eigenvalue weighted by Crippen LogP contribution is 2.30. The summed E-state index contributed by atoms with van der Waals surface area (Å²) in [6.45, 7) is 2.00. The predicted molar refractivity (Wildman–Crippen MR) is 40.5 cm³/mol. The highest BCUT2D eigenvalue weighted by atomic mass is 19.4. The zero-order valence-electron chi connectivity index (χ0n) is 6.94. The third-order valence-electron chi connectivity index (χ3n) is 1.75. The quantitative estimate of drug-likeness (QED) is 0.548. The molecular weight excluding hydrogens is 167 g/mol. The van der Waals surface area contributed by atoms with Gasteiger partial charge in [-0.1, -0.05) is 11.6 Å². The Kier molecular flexibility index (Phi) is 2.17. The van der Waals surface area contributed by atoms with E-state index in [9.17, 15) is 13.2 Å². The molecule has 0 saturated carbocycles. The molecule has 0 radical (unpaired) electrons. The van der Waals surface area contributed by atoms with Crippen molar-refractivity contribution in [1.29, 1.82) is 0 Å². The van der Waals surface area contributed by atoms with Crippen molar-refractivity contribution < 1.29 is 13.2 Å². The largest absolute Gasteiger partial charge is 0.431 e. The van der Waals surface area contributed by atoms with Crippen molar-refractivity contribution in [3.8, 4) is 0 Å². The van der Waals surface area contributed by atoms with E-state index in [0.717, 1.165) is 6.08 Å². The standard InChI is InChI=1S/C8H10F3N/c1-6-3-4-12(2)7(5-6)8(9,10)11/h3,5H,4H2,1-2H3. The van der Waals surface area contributed by atoms with Gasteiger partial charge < -0.3 is 4.90 Å². The van der Waals surface area contributed by atoms with Gasteiger partial charge in [-0.25, -0.2) is 0 Å².